The van der Waals surface area contributed by atoms with Crippen molar-refractivity contribution in [2.45, 2.75) is 16.7 Å². The molecule has 0 saturated carbocycles. The average molecular weight is 357 g/mol. The van der Waals surface area contributed by atoms with Gasteiger partial charge in [-0.15, -0.1) is 0 Å². The van der Waals surface area contributed by atoms with Crippen LogP contribution < -0.4 is 36.1 Å². The van der Waals surface area contributed by atoms with Gasteiger partial charge >= 0.3 is 2.85 Å². The molecular weight excluding hydrogens is 343 g/mol. The van der Waals surface area contributed by atoms with Crippen molar-refractivity contribution in [1.82, 2.24) is 15.0 Å². The fourth-order valence-corrected chi connectivity index (χ4v) is 3.00. The highest BCUT2D eigenvalue weighted by molar-refractivity contribution is 7.99. The number of benzene rings is 1. The van der Waals surface area contributed by atoms with Crippen LogP contribution in [0.15, 0.2) is 51.2 Å². The molecule has 0 unspecified atom stereocenters. The number of fused-ring (bicyclic) bond motifs is 1. The Kier molecular flexibility index (Phi) is 6.22. The maximum Gasteiger partial charge on any atom is 1.00 e. The maximum absolute atomic E-state index is 12.2. The van der Waals surface area contributed by atoms with Crippen LogP contribution in [0.4, 0.5) is 5.95 Å². The average Bonchev–Trinajstić information content (AvgIpc) is 2.43. The van der Waals surface area contributed by atoms with Gasteiger partial charge in [0.25, 0.3) is 5.56 Å². The number of aryl methyl sites for hydroxylation is 1. The van der Waals surface area contributed by atoms with E-state index in [0.29, 0.717) is 10.9 Å². The largest absolute Gasteiger partial charge is 1.00 e. The number of nitrogens with two attached hydrogens (primary N) is 1. The minimum Gasteiger partial charge on any atom is -1.00 e. The molecule has 0 aliphatic heterocycles. The monoisotopic (exact) mass is 356 g/mol. The molecule has 0 bridgehead atoms. The molecule has 8 heteroatoms. The first-order valence-corrected chi connectivity index (χ1v) is 6.84. The minimum absolute atomic E-state index is 0. The Morgan fingerprint density at radius 2 is 1.86 bits per heavy atom. The lowest BCUT2D eigenvalue weighted by molar-refractivity contribution is -0.00100. The molecule has 0 atom stereocenters. The Hall–Kier alpha value is -1.76. The topological polar surface area (TPSA) is 84.7 Å². The number of pyridine rings is 1. The number of hydrogen-bond acceptors (Lipinski definition) is 5. The standard InChI is InChI=1S/C14H12N4OS.2ClH/c1-8-2-3-10-11(13(19)18-14(15)17-10)12(8)20-9-4-6-16-7-5-9;;/h2-7H,1H3,(H3,15,17,18,19);2*1H. The summed E-state index contributed by atoms with van der Waals surface area (Å²) in [5.41, 5.74) is 7.00. The highest BCUT2D eigenvalue weighted by atomic mass is 35.5. The molecule has 3 aromatic rings. The van der Waals surface area contributed by atoms with E-state index in [-0.39, 0.29) is 39.2 Å². The van der Waals surface area contributed by atoms with Crippen LogP contribution in [0.2, 0.25) is 0 Å². The van der Waals surface area contributed by atoms with Crippen LogP contribution in [0.5, 0.6) is 0 Å². The number of rotatable bonds is 2. The van der Waals surface area contributed by atoms with E-state index in [2.05, 4.69) is 15.0 Å². The predicted molar refractivity (Wildman–Crippen MR) is 82.1 cm³/mol. The molecule has 0 spiro atoms. The number of hydrogen-bond donors (Lipinski definition) is 2. The second kappa shape index (κ2) is 7.49. The lowest BCUT2D eigenvalue weighted by Gasteiger charge is -2.09. The predicted octanol–water partition coefficient (Wildman–Crippen LogP) is -3.41. The summed E-state index contributed by atoms with van der Waals surface area (Å²) in [6.45, 7) is 1.97. The number of nitrogens with zero attached hydrogens (tertiary/aromatic N) is 2. The smallest absolute Gasteiger partial charge is 1.00 e. The fraction of sp³-hybridized carbons (Fsp3) is 0.0714. The van der Waals surface area contributed by atoms with E-state index in [1.54, 1.807) is 12.4 Å². The van der Waals surface area contributed by atoms with Gasteiger partial charge in [0, 0.05) is 22.2 Å². The molecule has 22 heavy (non-hydrogen) atoms. The Balaban J connectivity index is 0. The Labute approximate surface area is 146 Å². The highest BCUT2D eigenvalue weighted by Crippen LogP contribution is 2.33. The van der Waals surface area contributed by atoms with Crippen LogP contribution in [-0.2, 0) is 0 Å². The van der Waals surface area contributed by atoms with E-state index in [4.69, 9.17) is 5.73 Å². The second-order valence-electron chi connectivity index (χ2n) is 4.34. The van der Waals surface area contributed by atoms with Gasteiger partial charge < -0.3 is 30.5 Å². The van der Waals surface area contributed by atoms with Crippen LogP contribution in [0, 0.1) is 6.92 Å². The van der Waals surface area contributed by atoms with Crippen molar-refractivity contribution >= 4 is 28.6 Å². The lowest BCUT2D eigenvalue weighted by Crippen LogP contribution is -3.00. The van der Waals surface area contributed by atoms with Gasteiger partial charge in [-0.05, 0) is 30.7 Å². The summed E-state index contributed by atoms with van der Waals surface area (Å²) in [5.74, 6) is 0.131. The van der Waals surface area contributed by atoms with Crippen LogP contribution in [0.3, 0.4) is 0 Å². The normalized spacial score (nSPS) is 9.86. The molecule has 2 heterocycles. The van der Waals surface area contributed by atoms with Gasteiger partial charge in [0.1, 0.15) is 0 Å². The summed E-state index contributed by atoms with van der Waals surface area (Å²) >= 11 is 1.52. The lowest BCUT2D eigenvalue weighted by atomic mass is 10.1. The molecule has 3 rings (SSSR count). The van der Waals surface area contributed by atoms with Crippen LogP contribution in [0.25, 0.3) is 10.9 Å². The van der Waals surface area contributed by atoms with Crippen LogP contribution in [0.1, 0.15) is 8.42 Å². The van der Waals surface area contributed by atoms with E-state index < -0.39 is 0 Å². The molecule has 0 aliphatic rings. The van der Waals surface area contributed by atoms with E-state index in [1.165, 1.54) is 11.8 Å². The Bertz CT molecular complexity index is 849. The van der Waals surface area contributed by atoms with E-state index >= 15 is 0 Å². The van der Waals surface area contributed by atoms with Crippen molar-refractivity contribution < 1.29 is 27.7 Å². The fourth-order valence-electron chi connectivity index (χ4n) is 1.98. The zero-order valence-electron chi connectivity index (χ0n) is 13.5. The van der Waals surface area contributed by atoms with E-state index in [0.717, 1.165) is 15.4 Å². The van der Waals surface area contributed by atoms with E-state index in [9.17, 15) is 4.79 Å². The first-order chi connectivity index (χ1) is 9.65. The molecule has 116 valence electrons. The maximum atomic E-state index is 12.2. The Morgan fingerprint density at radius 3 is 2.55 bits per heavy atom. The molecule has 2 aromatic heterocycles. The second-order valence-corrected chi connectivity index (χ2v) is 5.43. The number of halogens is 2. The molecule has 1 aromatic carbocycles. The summed E-state index contributed by atoms with van der Waals surface area (Å²) < 4.78 is 0. The van der Waals surface area contributed by atoms with Crippen LogP contribution in [-0.4, -0.2) is 15.0 Å². The molecule has 5 nitrogen and oxygen atoms in total. The minimum atomic E-state index is -0.215. The molecule has 0 fully saturated rings. The number of nitrogen functional groups attached to an aromatic ring is 1. The van der Waals surface area contributed by atoms with Gasteiger partial charge in [-0.25, -0.2) is 4.98 Å². The summed E-state index contributed by atoms with van der Waals surface area (Å²) in [6, 6.07) is 7.56. The molecule has 0 amide bonds. The van der Waals surface area contributed by atoms with Gasteiger partial charge in [0.2, 0.25) is 5.95 Å². The molecule has 0 saturated heterocycles. The molecular formula is C14H14Cl2N4OS. The molecule has 3 N–H and O–H groups in total. The third kappa shape index (κ3) is 3.52. The highest BCUT2D eigenvalue weighted by Gasteiger charge is 2.11. The van der Waals surface area contributed by atoms with Crippen molar-refractivity contribution in [3.8, 4) is 0 Å². The zero-order valence-corrected chi connectivity index (χ0v) is 13.8. The Morgan fingerprint density at radius 1 is 1.18 bits per heavy atom. The van der Waals surface area contributed by atoms with Gasteiger partial charge in [0.05, 0.1) is 10.9 Å². The zero-order chi connectivity index (χ0) is 14.1. The van der Waals surface area contributed by atoms with Crippen LogP contribution >= 0.6 is 11.8 Å². The molecule has 0 aliphatic carbocycles. The number of nitrogens with one attached hydrogen (secondary N) is 1. The van der Waals surface area contributed by atoms with Gasteiger partial charge in [0.15, 0.2) is 0 Å². The number of aromatic nitrogens is 3. The first-order valence-electron chi connectivity index (χ1n) is 6.02. The quantitative estimate of drug-likeness (QED) is 0.499. The van der Waals surface area contributed by atoms with Crippen molar-refractivity contribution in [3.63, 3.8) is 0 Å². The third-order valence-corrected chi connectivity index (χ3v) is 4.15. The molecule has 0 radical (unpaired) electrons. The van der Waals surface area contributed by atoms with Gasteiger partial charge in [-0.3, -0.25) is 14.8 Å². The summed E-state index contributed by atoms with van der Waals surface area (Å²) in [5, 5.41) is 0.570. The van der Waals surface area contributed by atoms with Crippen molar-refractivity contribution in [3.05, 3.63) is 52.6 Å². The summed E-state index contributed by atoms with van der Waals surface area (Å²) in [7, 11) is 0. The van der Waals surface area contributed by atoms with Gasteiger partial charge in [-0.2, -0.15) is 0 Å². The number of H-pyrrole nitrogens is 1. The number of anilines is 1. The summed E-state index contributed by atoms with van der Waals surface area (Å²) in [6.07, 6.45) is 3.45. The van der Waals surface area contributed by atoms with Crippen molar-refractivity contribution in [2.75, 3.05) is 5.73 Å². The number of aromatic amines is 1. The van der Waals surface area contributed by atoms with E-state index in [1.807, 2.05) is 31.2 Å². The van der Waals surface area contributed by atoms with Crippen molar-refractivity contribution in [1.29, 1.82) is 0 Å². The van der Waals surface area contributed by atoms with Crippen molar-refractivity contribution in [2.24, 2.45) is 0 Å². The third-order valence-electron chi connectivity index (χ3n) is 2.91. The van der Waals surface area contributed by atoms with Gasteiger partial charge in [-0.1, -0.05) is 17.8 Å². The summed E-state index contributed by atoms with van der Waals surface area (Å²) in [4.78, 5) is 24.8. The first kappa shape index (κ1) is 18.3. The SMILES string of the molecule is Cc1ccc2nc(N)[nH]c(=O)c2c1Sc1ccncc1.[Cl-].[Cl-].[H+].[H+].